The first kappa shape index (κ1) is 12.0. The molecule has 0 bridgehead atoms. The highest BCUT2D eigenvalue weighted by atomic mass is 35.5. The lowest BCUT2D eigenvalue weighted by atomic mass is 9.76. The quantitative estimate of drug-likeness (QED) is 0.768. The second kappa shape index (κ2) is 3.99. The van der Waals surface area contributed by atoms with E-state index in [0.29, 0.717) is 16.5 Å². The molecule has 0 fully saturated rings. The zero-order valence-electron chi connectivity index (χ0n) is 9.87. The molecular formula is C15H12Cl2O. The van der Waals surface area contributed by atoms with Crippen molar-refractivity contribution in [3.8, 4) is 0 Å². The SMILES string of the molecule is CC1(O)c2cccc(Cl)c2Cc2c(Cl)cccc21. The lowest BCUT2D eigenvalue weighted by Gasteiger charge is -2.34. The molecule has 3 rings (SSSR count). The number of benzene rings is 2. The van der Waals surface area contributed by atoms with Crippen LogP contribution in [-0.2, 0) is 12.0 Å². The molecule has 0 atom stereocenters. The van der Waals surface area contributed by atoms with Crippen LogP contribution in [0.15, 0.2) is 36.4 Å². The minimum atomic E-state index is -1.04. The second-order valence-corrected chi connectivity index (χ2v) is 5.60. The van der Waals surface area contributed by atoms with Crippen molar-refractivity contribution in [3.63, 3.8) is 0 Å². The maximum absolute atomic E-state index is 10.8. The van der Waals surface area contributed by atoms with Gasteiger partial charge in [-0.05, 0) is 41.3 Å². The van der Waals surface area contributed by atoms with Gasteiger partial charge in [0, 0.05) is 16.5 Å². The standard InChI is InChI=1S/C15H12Cl2O/c1-15(18)11-4-2-6-13(16)9(11)8-10-12(15)5-3-7-14(10)17/h2-7,18H,8H2,1H3. The molecule has 0 aliphatic heterocycles. The summed E-state index contributed by atoms with van der Waals surface area (Å²) in [5.41, 5.74) is 2.61. The number of hydrogen-bond donors (Lipinski definition) is 1. The summed E-state index contributed by atoms with van der Waals surface area (Å²) < 4.78 is 0. The molecule has 2 aromatic carbocycles. The van der Waals surface area contributed by atoms with Crippen molar-refractivity contribution >= 4 is 23.2 Å². The minimum Gasteiger partial charge on any atom is -0.381 e. The van der Waals surface area contributed by atoms with E-state index in [-0.39, 0.29) is 0 Å². The van der Waals surface area contributed by atoms with Crippen molar-refractivity contribution in [1.29, 1.82) is 0 Å². The molecule has 0 spiro atoms. The summed E-state index contributed by atoms with van der Waals surface area (Å²) >= 11 is 12.5. The molecular weight excluding hydrogens is 267 g/mol. The van der Waals surface area contributed by atoms with E-state index in [9.17, 15) is 5.11 Å². The Morgan fingerprint density at radius 1 is 0.944 bits per heavy atom. The Balaban J connectivity index is 2.33. The van der Waals surface area contributed by atoms with Crippen LogP contribution in [0.3, 0.4) is 0 Å². The topological polar surface area (TPSA) is 20.2 Å². The Hall–Kier alpha value is -1.02. The summed E-state index contributed by atoms with van der Waals surface area (Å²) in [6, 6.07) is 11.3. The van der Waals surface area contributed by atoms with Crippen LogP contribution in [-0.4, -0.2) is 5.11 Å². The van der Waals surface area contributed by atoms with Gasteiger partial charge in [0.05, 0.1) is 0 Å². The van der Waals surface area contributed by atoms with Gasteiger partial charge in [-0.15, -0.1) is 0 Å². The second-order valence-electron chi connectivity index (χ2n) is 4.78. The summed E-state index contributed by atoms with van der Waals surface area (Å²) in [6.07, 6.45) is 0.667. The molecule has 1 aliphatic rings. The van der Waals surface area contributed by atoms with Crippen LogP contribution in [0.25, 0.3) is 0 Å². The van der Waals surface area contributed by atoms with Crippen molar-refractivity contribution in [2.75, 3.05) is 0 Å². The molecule has 2 aromatic rings. The molecule has 0 amide bonds. The van der Waals surface area contributed by atoms with Crippen LogP contribution >= 0.6 is 23.2 Å². The zero-order valence-corrected chi connectivity index (χ0v) is 11.4. The van der Waals surface area contributed by atoms with E-state index in [4.69, 9.17) is 23.2 Å². The van der Waals surface area contributed by atoms with Gasteiger partial charge in [0.1, 0.15) is 5.60 Å². The fraction of sp³-hybridized carbons (Fsp3) is 0.200. The summed E-state index contributed by atoms with van der Waals surface area (Å²) in [4.78, 5) is 0. The van der Waals surface area contributed by atoms with E-state index < -0.39 is 5.60 Å². The van der Waals surface area contributed by atoms with Crippen molar-refractivity contribution in [1.82, 2.24) is 0 Å². The van der Waals surface area contributed by atoms with Crippen molar-refractivity contribution < 1.29 is 5.11 Å². The third kappa shape index (κ3) is 1.58. The molecule has 1 nitrogen and oxygen atoms in total. The molecule has 0 saturated carbocycles. The van der Waals surface area contributed by atoms with Gasteiger partial charge in [-0.3, -0.25) is 0 Å². The third-order valence-electron chi connectivity index (χ3n) is 3.64. The third-order valence-corrected chi connectivity index (χ3v) is 4.35. The Morgan fingerprint density at radius 3 is 1.83 bits per heavy atom. The number of rotatable bonds is 0. The highest BCUT2D eigenvalue weighted by Crippen LogP contribution is 2.43. The van der Waals surface area contributed by atoms with Crippen LogP contribution in [0.4, 0.5) is 0 Å². The predicted molar refractivity (Wildman–Crippen MR) is 74.4 cm³/mol. The molecule has 18 heavy (non-hydrogen) atoms. The van der Waals surface area contributed by atoms with Crippen LogP contribution in [0.2, 0.25) is 10.0 Å². The molecule has 0 unspecified atom stereocenters. The molecule has 1 N–H and O–H groups in total. The van der Waals surface area contributed by atoms with Crippen molar-refractivity contribution in [3.05, 3.63) is 68.7 Å². The van der Waals surface area contributed by atoms with Gasteiger partial charge in [-0.2, -0.15) is 0 Å². The maximum atomic E-state index is 10.8. The normalized spacial score (nSPS) is 16.0. The van der Waals surface area contributed by atoms with Crippen molar-refractivity contribution in [2.24, 2.45) is 0 Å². The van der Waals surface area contributed by atoms with Crippen LogP contribution < -0.4 is 0 Å². The van der Waals surface area contributed by atoms with Crippen molar-refractivity contribution in [2.45, 2.75) is 18.9 Å². The summed E-state index contributed by atoms with van der Waals surface area (Å²) in [5, 5.41) is 12.2. The minimum absolute atomic E-state index is 0.667. The molecule has 3 heteroatoms. The molecule has 92 valence electrons. The number of fused-ring (bicyclic) bond motifs is 2. The Morgan fingerprint density at radius 2 is 1.39 bits per heavy atom. The zero-order chi connectivity index (χ0) is 12.9. The van der Waals surface area contributed by atoms with Gasteiger partial charge in [0.2, 0.25) is 0 Å². The van der Waals surface area contributed by atoms with E-state index in [0.717, 1.165) is 22.3 Å². The Labute approximate surface area is 116 Å². The smallest absolute Gasteiger partial charge is 0.112 e. The molecule has 0 saturated heterocycles. The summed E-state index contributed by atoms with van der Waals surface area (Å²) in [5.74, 6) is 0. The lowest BCUT2D eigenvalue weighted by Crippen LogP contribution is -2.30. The molecule has 0 heterocycles. The van der Waals surface area contributed by atoms with Gasteiger partial charge in [0.25, 0.3) is 0 Å². The Kier molecular flexibility index (Phi) is 2.67. The van der Waals surface area contributed by atoms with Gasteiger partial charge < -0.3 is 5.11 Å². The predicted octanol–water partition coefficient (Wildman–Crippen LogP) is 4.15. The summed E-state index contributed by atoms with van der Waals surface area (Å²) in [7, 11) is 0. The van der Waals surface area contributed by atoms with E-state index in [1.54, 1.807) is 6.92 Å². The van der Waals surface area contributed by atoms with Gasteiger partial charge >= 0.3 is 0 Å². The number of hydrogen-bond acceptors (Lipinski definition) is 1. The van der Waals surface area contributed by atoms with E-state index in [1.807, 2.05) is 36.4 Å². The van der Waals surface area contributed by atoms with Crippen LogP contribution in [0, 0.1) is 0 Å². The average Bonchev–Trinajstić information content (AvgIpc) is 2.32. The fourth-order valence-electron chi connectivity index (χ4n) is 2.71. The highest BCUT2D eigenvalue weighted by molar-refractivity contribution is 6.32. The first-order chi connectivity index (χ1) is 8.51. The van der Waals surface area contributed by atoms with E-state index >= 15 is 0 Å². The average molecular weight is 279 g/mol. The Bertz CT molecular complexity index is 579. The van der Waals surface area contributed by atoms with E-state index in [1.165, 1.54) is 0 Å². The fourth-order valence-corrected chi connectivity index (χ4v) is 3.19. The monoisotopic (exact) mass is 278 g/mol. The van der Waals surface area contributed by atoms with Gasteiger partial charge in [0.15, 0.2) is 0 Å². The first-order valence-corrected chi connectivity index (χ1v) is 6.55. The molecule has 0 radical (unpaired) electrons. The summed E-state index contributed by atoms with van der Waals surface area (Å²) in [6.45, 7) is 1.79. The van der Waals surface area contributed by atoms with Crippen LogP contribution in [0.5, 0.6) is 0 Å². The highest BCUT2D eigenvalue weighted by Gasteiger charge is 2.35. The largest absolute Gasteiger partial charge is 0.381 e. The number of aliphatic hydroxyl groups is 1. The van der Waals surface area contributed by atoms with Gasteiger partial charge in [-0.25, -0.2) is 0 Å². The number of halogens is 2. The van der Waals surface area contributed by atoms with Gasteiger partial charge in [-0.1, -0.05) is 47.5 Å². The maximum Gasteiger partial charge on any atom is 0.112 e. The van der Waals surface area contributed by atoms with Crippen LogP contribution in [0.1, 0.15) is 29.2 Å². The molecule has 1 aliphatic carbocycles. The first-order valence-electron chi connectivity index (χ1n) is 5.80. The van der Waals surface area contributed by atoms with E-state index in [2.05, 4.69) is 0 Å². The lowest BCUT2D eigenvalue weighted by molar-refractivity contribution is 0.0979. The molecule has 0 aromatic heterocycles.